The third-order valence-electron chi connectivity index (χ3n) is 4.90. The molecular formula is C20H23N3O3S2. The summed E-state index contributed by atoms with van der Waals surface area (Å²) in [5, 5.41) is 6.88. The van der Waals surface area contributed by atoms with Crippen LogP contribution in [-0.2, 0) is 9.59 Å². The molecule has 1 saturated heterocycles. The first-order chi connectivity index (χ1) is 13.6. The van der Waals surface area contributed by atoms with Gasteiger partial charge in [-0.05, 0) is 31.2 Å². The SMILES string of the molecule is Cc1nc2c(cc(OCC(=O)NCCN3CCCCCC3=O)c3ccsc32)s1. The summed E-state index contributed by atoms with van der Waals surface area (Å²) in [5.41, 5.74) is 1.01. The van der Waals surface area contributed by atoms with E-state index in [0.717, 1.165) is 51.1 Å². The maximum Gasteiger partial charge on any atom is 0.258 e. The molecule has 1 aliphatic heterocycles. The number of ether oxygens (including phenoxy) is 1. The molecule has 28 heavy (non-hydrogen) atoms. The zero-order valence-corrected chi connectivity index (χ0v) is 17.5. The fourth-order valence-corrected chi connectivity index (χ4v) is 5.34. The molecule has 0 unspecified atom stereocenters. The van der Waals surface area contributed by atoms with Crippen LogP contribution < -0.4 is 10.1 Å². The van der Waals surface area contributed by atoms with Gasteiger partial charge in [0.05, 0.1) is 19.9 Å². The lowest BCUT2D eigenvalue weighted by Gasteiger charge is -2.20. The molecule has 1 aliphatic rings. The van der Waals surface area contributed by atoms with Crippen molar-refractivity contribution in [2.24, 2.45) is 0 Å². The second-order valence-corrected chi connectivity index (χ2v) is 9.10. The quantitative estimate of drug-likeness (QED) is 0.664. The summed E-state index contributed by atoms with van der Waals surface area (Å²) in [5.74, 6) is 0.729. The van der Waals surface area contributed by atoms with Gasteiger partial charge in [0.1, 0.15) is 5.75 Å². The molecular weight excluding hydrogens is 394 g/mol. The van der Waals surface area contributed by atoms with Crippen molar-refractivity contribution in [2.45, 2.75) is 32.6 Å². The summed E-state index contributed by atoms with van der Waals surface area (Å²) in [4.78, 5) is 30.7. The van der Waals surface area contributed by atoms with Crippen LogP contribution in [0.2, 0.25) is 0 Å². The molecule has 3 aromatic rings. The van der Waals surface area contributed by atoms with Gasteiger partial charge in [0.2, 0.25) is 5.91 Å². The molecule has 148 valence electrons. The molecule has 0 saturated carbocycles. The van der Waals surface area contributed by atoms with Crippen molar-refractivity contribution in [3.8, 4) is 5.75 Å². The van der Waals surface area contributed by atoms with E-state index < -0.39 is 0 Å². The highest BCUT2D eigenvalue weighted by Crippen LogP contribution is 2.38. The summed E-state index contributed by atoms with van der Waals surface area (Å²) in [6, 6.07) is 3.98. The lowest BCUT2D eigenvalue weighted by Crippen LogP contribution is -2.39. The average Bonchev–Trinajstić information content (AvgIpc) is 3.24. The van der Waals surface area contributed by atoms with E-state index in [1.54, 1.807) is 22.7 Å². The van der Waals surface area contributed by atoms with Crippen LogP contribution in [0.1, 0.15) is 30.7 Å². The highest BCUT2D eigenvalue weighted by Gasteiger charge is 2.17. The maximum absolute atomic E-state index is 12.2. The average molecular weight is 418 g/mol. The Morgan fingerprint density at radius 2 is 2.25 bits per heavy atom. The van der Waals surface area contributed by atoms with Crippen molar-refractivity contribution >= 4 is 54.8 Å². The van der Waals surface area contributed by atoms with Crippen molar-refractivity contribution in [3.63, 3.8) is 0 Å². The molecule has 4 rings (SSSR count). The minimum absolute atomic E-state index is 0.0395. The molecule has 1 fully saturated rings. The largest absolute Gasteiger partial charge is 0.483 e. The Labute approximate surface area is 171 Å². The van der Waals surface area contributed by atoms with E-state index in [9.17, 15) is 9.59 Å². The first kappa shape index (κ1) is 19.1. The molecule has 3 heterocycles. The number of carbonyl (C=O) groups excluding carboxylic acids is 2. The van der Waals surface area contributed by atoms with Gasteiger partial charge in [0.15, 0.2) is 6.61 Å². The van der Waals surface area contributed by atoms with Gasteiger partial charge in [-0.3, -0.25) is 9.59 Å². The Kier molecular flexibility index (Phi) is 5.77. The first-order valence-corrected chi connectivity index (χ1v) is 11.3. The number of likely N-dealkylation sites (tertiary alicyclic amines) is 1. The number of hydrogen-bond donors (Lipinski definition) is 1. The van der Waals surface area contributed by atoms with E-state index >= 15 is 0 Å². The van der Waals surface area contributed by atoms with Crippen LogP contribution in [0.15, 0.2) is 17.5 Å². The van der Waals surface area contributed by atoms with E-state index in [4.69, 9.17) is 4.74 Å². The van der Waals surface area contributed by atoms with Gasteiger partial charge in [0.25, 0.3) is 5.91 Å². The lowest BCUT2D eigenvalue weighted by molar-refractivity contribution is -0.131. The molecule has 8 heteroatoms. The number of hydrogen-bond acceptors (Lipinski definition) is 6. The first-order valence-electron chi connectivity index (χ1n) is 9.56. The molecule has 6 nitrogen and oxygen atoms in total. The molecule has 1 N–H and O–H groups in total. The normalized spacial score (nSPS) is 15.2. The number of thiazole rings is 1. The Morgan fingerprint density at radius 1 is 1.36 bits per heavy atom. The number of aryl methyl sites for hydroxylation is 1. The topological polar surface area (TPSA) is 71.5 Å². The number of nitrogens with one attached hydrogen (secondary N) is 1. The Bertz CT molecular complexity index is 1010. The fourth-order valence-electron chi connectivity index (χ4n) is 3.51. The van der Waals surface area contributed by atoms with Crippen LogP contribution in [-0.4, -0.2) is 47.9 Å². The highest BCUT2D eigenvalue weighted by atomic mass is 32.1. The third-order valence-corrected chi connectivity index (χ3v) is 6.74. The zero-order chi connectivity index (χ0) is 19.5. The molecule has 1 aromatic carbocycles. The van der Waals surface area contributed by atoms with Gasteiger partial charge in [-0.25, -0.2) is 4.98 Å². The van der Waals surface area contributed by atoms with Gasteiger partial charge in [-0.15, -0.1) is 22.7 Å². The number of carbonyl (C=O) groups is 2. The lowest BCUT2D eigenvalue weighted by atomic mass is 10.2. The van der Waals surface area contributed by atoms with E-state index in [0.29, 0.717) is 25.3 Å². The van der Waals surface area contributed by atoms with Crippen LogP contribution in [0.5, 0.6) is 5.75 Å². The molecule has 0 aliphatic carbocycles. The number of nitrogens with zero attached hydrogens (tertiary/aromatic N) is 2. The third kappa shape index (κ3) is 4.12. The van der Waals surface area contributed by atoms with Crippen molar-refractivity contribution in [3.05, 3.63) is 22.5 Å². The van der Waals surface area contributed by atoms with Crippen molar-refractivity contribution in [1.82, 2.24) is 15.2 Å². The van der Waals surface area contributed by atoms with Crippen LogP contribution >= 0.6 is 22.7 Å². The number of benzene rings is 1. The summed E-state index contributed by atoms with van der Waals surface area (Å²) in [6.07, 6.45) is 3.73. The Hall–Kier alpha value is -2.19. The monoisotopic (exact) mass is 417 g/mol. The minimum atomic E-state index is -0.175. The predicted octanol–water partition coefficient (Wildman–Crippen LogP) is 3.72. The smallest absolute Gasteiger partial charge is 0.258 e. The molecule has 0 radical (unpaired) electrons. The second-order valence-electron chi connectivity index (χ2n) is 6.95. The Balaban J connectivity index is 1.34. The van der Waals surface area contributed by atoms with Crippen LogP contribution in [0.4, 0.5) is 0 Å². The van der Waals surface area contributed by atoms with Gasteiger partial charge in [-0.1, -0.05) is 6.42 Å². The van der Waals surface area contributed by atoms with Gasteiger partial charge in [0, 0.05) is 37.5 Å². The molecule has 2 amide bonds. The number of amides is 2. The maximum atomic E-state index is 12.2. The van der Waals surface area contributed by atoms with Crippen LogP contribution in [0.3, 0.4) is 0 Å². The van der Waals surface area contributed by atoms with Crippen molar-refractivity contribution < 1.29 is 14.3 Å². The second kappa shape index (κ2) is 8.45. The van der Waals surface area contributed by atoms with Crippen molar-refractivity contribution in [1.29, 1.82) is 0 Å². The van der Waals surface area contributed by atoms with Gasteiger partial charge >= 0.3 is 0 Å². The standard InChI is InChI=1S/C20H23N3O3S2/c1-13-22-19-16(28-13)11-15(14-6-10-27-20(14)19)26-12-17(24)21-7-9-23-8-4-2-3-5-18(23)25/h6,10-11H,2-5,7-9,12H2,1H3,(H,21,24). The summed E-state index contributed by atoms with van der Waals surface area (Å²) in [7, 11) is 0. The fraction of sp³-hybridized carbons (Fsp3) is 0.450. The number of aromatic nitrogens is 1. The van der Waals surface area contributed by atoms with E-state index in [2.05, 4.69) is 10.3 Å². The van der Waals surface area contributed by atoms with Crippen LogP contribution in [0, 0.1) is 6.92 Å². The number of fused-ring (bicyclic) bond motifs is 3. The summed E-state index contributed by atoms with van der Waals surface area (Å²) in [6.45, 7) is 3.76. The van der Waals surface area contributed by atoms with Crippen LogP contribution in [0.25, 0.3) is 20.3 Å². The Morgan fingerprint density at radius 3 is 3.14 bits per heavy atom. The molecule has 0 spiro atoms. The number of rotatable bonds is 6. The van der Waals surface area contributed by atoms with E-state index in [1.807, 2.05) is 29.3 Å². The van der Waals surface area contributed by atoms with E-state index in [-0.39, 0.29) is 18.4 Å². The predicted molar refractivity (Wildman–Crippen MR) is 113 cm³/mol. The summed E-state index contributed by atoms with van der Waals surface area (Å²) >= 11 is 3.26. The molecule has 2 aromatic heterocycles. The van der Waals surface area contributed by atoms with Gasteiger partial charge < -0.3 is 15.0 Å². The molecule has 0 bridgehead atoms. The minimum Gasteiger partial charge on any atom is -0.483 e. The highest BCUT2D eigenvalue weighted by molar-refractivity contribution is 7.21. The molecule has 0 atom stereocenters. The van der Waals surface area contributed by atoms with Crippen molar-refractivity contribution in [2.75, 3.05) is 26.2 Å². The zero-order valence-electron chi connectivity index (χ0n) is 15.8. The van der Waals surface area contributed by atoms with E-state index in [1.165, 1.54) is 0 Å². The van der Waals surface area contributed by atoms with Gasteiger partial charge in [-0.2, -0.15) is 0 Å². The number of thiophene rings is 1. The summed E-state index contributed by atoms with van der Waals surface area (Å²) < 4.78 is 8.00.